The summed E-state index contributed by atoms with van der Waals surface area (Å²) < 4.78 is 2.20. The van der Waals surface area contributed by atoms with Crippen LogP contribution in [0.2, 0.25) is 0 Å². The second-order valence-electron chi connectivity index (χ2n) is 6.14. The molecule has 1 fully saturated rings. The smallest absolute Gasteiger partial charge is 0.165 e. The van der Waals surface area contributed by atoms with Crippen LogP contribution >= 0.6 is 0 Å². The van der Waals surface area contributed by atoms with Crippen molar-refractivity contribution < 1.29 is 0 Å². The molecule has 0 spiro atoms. The fraction of sp³-hybridized carbons (Fsp3) is 0.353. The second kappa shape index (κ2) is 4.53. The lowest BCUT2D eigenvalue weighted by atomic mass is 10.0. The minimum Gasteiger partial charge on any atom is -0.324 e. The Morgan fingerprint density at radius 3 is 2.86 bits per heavy atom. The maximum Gasteiger partial charge on any atom is 0.165 e. The molecule has 1 aliphatic carbocycles. The van der Waals surface area contributed by atoms with E-state index in [1.165, 1.54) is 24.1 Å². The molecule has 110 valence electrons. The maximum absolute atomic E-state index is 4.62. The minimum atomic E-state index is 0.585. The van der Waals surface area contributed by atoms with Gasteiger partial charge in [0.05, 0.1) is 6.33 Å². The predicted molar refractivity (Wildman–Crippen MR) is 85.4 cm³/mol. The number of nitrogens with zero attached hydrogens (tertiary/aromatic N) is 5. The SMILES string of the molecule is c1ccc2c(c1)CCCN2c1ncnc2c1ncn2C1CC1. The third-order valence-electron chi connectivity index (χ3n) is 4.65. The lowest BCUT2D eigenvalue weighted by molar-refractivity contribution is 0.753. The van der Waals surface area contributed by atoms with Gasteiger partial charge in [-0.2, -0.15) is 0 Å². The first-order chi connectivity index (χ1) is 10.9. The van der Waals surface area contributed by atoms with Crippen LogP contribution in [-0.4, -0.2) is 26.1 Å². The van der Waals surface area contributed by atoms with Crippen molar-refractivity contribution in [3.05, 3.63) is 42.5 Å². The molecular weight excluding hydrogens is 274 g/mol. The van der Waals surface area contributed by atoms with Gasteiger partial charge in [-0.25, -0.2) is 15.0 Å². The van der Waals surface area contributed by atoms with Gasteiger partial charge in [0.25, 0.3) is 0 Å². The summed E-state index contributed by atoms with van der Waals surface area (Å²) in [5.74, 6) is 0.941. The Morgan fingerprint density at radius 1 is 1.05 bits per heavy atom. The quantitative estimate of drug-likeness (QED) is 0.727. The van der Waals surface area contributed by atoms with Crippen molar-refractivity contribution in [1.29, 1.82) is 0 Å². The van der Waals surface area contributed by atoms with E-state index in [4.69, 9.17) is 0 Å². The number of anilines is 2. The van der Waals surface area contributed by atoms with E-state index in [9.17, 15) is 0 Å². The van der Waals surface area contributed by atoms with Gasteiger partial charge in [0.15, 0.2) is 17.0 Å². The van der Waals surface area contributed by atoms with E-state index in [2.05, 4.69) is 48.7 Å². The lowest BCUT2D eigenvalue weighted by Gasteiger charge is -2.30. The first-order valence-corrected chi connectivity index (χ1v) is 7.95. The van der Waals surface area contributed by atoms with Gasteiger partial charge >= 0.3 is 0 Å². The van der Waals surface area contributed by atoms with E-state index >= 15 is 0 Å². The van der Waals surface area contributed by atoms with Crippen LogP contribution < -0.4 is 4.90 Å². The van der Waals surface area contributed by atoms with E-state index in [1.807, 2.05) is 6.33 Å². The zero-order valence-electron chi connectivity index (χ0n) is 12.3. The molecule has 2 aromatic heterocycles. The molecule has 0 amide bonds. The average Bonchev–Trinajstić information content (AvgIpc) is 3.33. The number of hydrogen-bond donors (Lipinski definition) is 0. The van der Waals surface area contributed by atoms with Gasteiger partial charge in [0.1, 0.15) is 6.33 Å². The number of para-hydroxylation sites is 1. The number of imidazole rings is 1. The predicted octanol–water partition coefficient (Wildman–Crippen LogP) is 3.25. The summed E-state index contributed by atoms with van der Waals surface area (Å²) in [6.07, 6.45) is 8.35. The van der Waals surface area contributed by atoms with Crippen molar-refractivity contribution in [2.45, 2.75) is 31.7 Å². The summed E-state index contributed by atoms with van der Waals surface area (Å²) in [6, 6.07) is 9.18. The van der Waals surface area contributed by atoms with Gasteiger partial charge in [-0.3, -0.25) is 0 Å². The Bertz CT molecular complexity index is 849. The average molecular weight is 291 g/mol. The van der Waals surface area contributed by atoms with Gasteiger partial charge in [-0.15, -0.1) is 0 Å². The monoisotopic (exact) mass is 291 g/mol. The fourth-order valence-electron chi connectivity index (χ4n) is 3.41. The largest absolute Gasteiger partial charge is 0.324 e. The molecule has 0 bridgehead atoms. The molecule has 2 aliphatic rings. The van der Waals surface area contributed by atoms with Crippen molar-refractivity contribution >= 4 is 22.7 Å². The van der Waals surface area contributed by atoms with E-state index in [0.717, 1.165) is 36.4 Å². The normalized spacial score (nSPS) is 17.7. The first-order valence-electron chi connectivity index (χ1n) is 7.95. The Morgan fingerprint density at radius 2 is 1.95 bits per heavy atom. The molecular formula is C17H17N5. The first kappa shape index (κ1) is 12.1. The molecule has 1 saturated carbocycles. The van der Waals surface area contributed by atoms with Crippen molar-refractivity contribution in [3.8, 4) is 0 Å². The highest BCUT2D eigenvalue weighted by Crippen LogP contribution is 2.39. The van der Waals surface area contributed by atoms with Gasteiger partial charge in [-0.1, -0.05) is 18.2 Å². The van der Waals surface area contributed by atoms with Crippen molar-refractivity contribution in [2.75, 3.05) is 11.4 Å². The molecule has 0 saturated heterocycles. The third kappa shape index (κ3) is 1.75. The van der Waals surface area contributed by atoms with Crippen LogP contribution in [0.1, 0.15) is 30.9 Å². The number of benzene rings is 1. The Balaban J connectivity index is 1.68. The molecule has 5 heteroatoms. The zero-order valence-corrected chi connectivity index (χ0v) is 12.3. The standard InChI is InChI=1S/C17H17N5/c1-2-6-14-12(4-1)5-3-9-21(14)16-15-17(19-10-18-16)22(11-20-15)13-7-8-13/h1-2,4,6,10-11,13H,3,5,7-9H2. The number of rotatable bonds is 2. The number of aryl methyl sites for hydroxylation is 1. The molecule has 3 heterocycles. The van der Waals surface area contributed by atoms with E-state index in [1.54, 1.807) is 6.33 Å². The second-order valence-corrected chi connectivity index (χ2v) is 6.14. The molecule has 1 aromatic carbocycles. The van der Waals surface area contributed by atoms with Crippen molar-refractivity contribution in [2.24, 2.45) is 0 Å². The van der Waals surface area contributed by atoms with Gasteiger partial charge < -0.3 is 9.47 Å². The van der Waals surface area contributed by atoms with Gasteiger partial charge in [0.2, 0.25) is 0 Å². The number of fused-ring (bicyclic) bond motifs is 2. The molecule has 0 unspecified atom stereocenters. The molecule has 5 nitrogen and oxygen atoms in total. The molecule has 0 radical (unpaired) electrons. The van der Waals surface area contributed by atoms with Crippen LogP contribution in [0.25, 0.3) is 11.2 Å². The zero-order chi connectivity index (χ0) is 14.5. The summed E-state index contributed by atoms with van der Waals surface area (Å²) in [5, 5.41) is 0. The highest BCUT2D eigenvalue weighted by atomic mass is 15.2. The fourth-order valence-corrected chi connectivity index (χ4v) is 3.41. The molecule has 0 atom stereocenters. The summed E-state index contributed by atoms with van der Waals surface area (Å²) in [7, 11) is 0. The molecule has 1 aliphatic heterocycles. The van der Waals surface area contributed by atoms with Crippen LogP contribution in [0, 0.1) is 0 Å². The summed E-state index contributed by atoms with van der Waals surface area (Å²) in [5.41, 5.74) is 4.54. The Kier molecular flexibility index (Phi) is 2.50. The van der Waals surface area contributed by atoms with Gasteiger partial charge in [0, 0.05) is 18.3 Å². The highest BCUT2D eigenvalue weighted by Gasteiger charge is 2.28. The molecule has 22 heavy (non-hydrogen) atoms. The highest BCUT2D eigenvalue weighted by molar-refractivity contribution is 5.87. The van der Waals surface area contributed by atoms with Crippen LogP contribution in [0.5, 0.6) is 0 Å². The number of hydrogen-bond acceptors (Lipinski definition) is 4. The van der Waals surface area contributed by atoms with Crippen molar-refractivity contribution in [3.63, 3.8) is 0 Å². The summed E-state index contributed by atoms with van der Waals surface area (Å²) in [4.78, 5) is 16.0. The Labute approximate surface area is 128 Å². The van der Waals surface area contributed by atoms with E-state index in [0.29, 0.717) is 6.04 Å². The third-order valence-corrected chi connectivity index (χ3v) is 4.65. The molecule has 5 rings (SSSR count). The van der Waals surface area contributed by atoms with Crippen LogP contribution in [-0.2, 0) is 6.42 Å². The lowest BCUT2D eigenvalue weighted by Crippen LogP contribution is -2.25. The molecule has 0 N–H and O–H groups in total. The number of aromatic nitrogens is 4. The van der Waals surface area contributed by atoms with E-state index in [-0.39, 0.29) is 0 Å². The molecule has 3 aromatic rings. The minimum absolute atomic E-state index is 0.585. The van der Waals surface area contributed by atoms with Crippen LogP contribution in [0.15, 0.2) is 36.9 Å². The van der Waals surface area contributed by atoms with Crippen LogP contribution in [0.4, 0.5) is 11.5 Å². The topological polar surface area (TPSA) is 46.8 Å². The maximum atomic E-state index is 4.62. The summed E-state index contributed by atoms with van der Waals surface area (Å²) >= 11 is 0. The van der Waals surface area contributed by atoms with Crippen LogP contribution in [0.3, 0.4) is 0 Å². The van der Waals surface area contributed by atoms with E-state index < -0.39 is 0 Å². The summed E-state index contributed by atoms with van der Waals surface area (Å²) in [6.45, 7) is 0.986. The van der Waals surface area contributed by atoms with Crippen molar-refractivity contribution in [1.82, 2.24) is 19.5 Å². The Hall–Kier alpha value is -2.43. The van der Waals surface area contributed by atoms with Gasteiger partial charge in [-0.05, 0) is 37.3 Å².